The maximum Gasteiger partial charge on any atom is 0.338 e. The van der Waals surface area contributed by atoms with Gasteiger partial charge in [0.25, 0.3) is 5.56 Å². The summed E-state index contributed by atoms with van der Waals surface area (Å²) in [6, 6.07) is 16.3. The van der Waals surface area contributed by atoms with Gasteiger partial charge in [-0.05, 0) is 67.1 Å². The minimum absolute atomic E-state index is 0.219. The number of ether oxygens (including phenoxy) is 2. The molecular formula is C35H36N2O6S. The minimum Gasteiger partial charge on any atom is -0.465 e. The Morgan fingerprint density at radius 3 is 2.45 bits per heavy atom. The number of aromatic nitrogens is 1. The molecule has 1 atom stereocenters. The van der Waals surface area contributed by atoms with Crippen LogP contribution < -0.4 is 14.9 Å². The fraction of sp³-hybridized carbons (Fsp3) is 0.314. The van der Waals surface area contributed by atoms with Gasteiger partial charge in [-0.1, -0.05) is 68.9 Å². The topological polar surface area (TPSA) is 100 Å². The molecule has 0 spiro atoms. The number of allylic oxidation sites excluding steroid dienone is 1. The monoisotopic (exact) mass is 612 g/mol. The van der Waals surface area contributed by atoms with Crippen molar-refractivity contribution in [2.75, 3.05) is 13.7 Å². The predicted octanol–water partition coefficient (Wildman–Crippen LogP) is 6.06. The first-order valence-corrected chi connectivity index (χ1v) is 15.6. The molecular weight excluding hydrogens is 576 g/mol. The fourth-order valence-electron chi connectivity index (χ4n) is 5.39. The first-order chi connectivity index (χ1) is 21.2. The number of thiazole rings is 1. The van der Waals surface area contributed by atoms with Crippen LogP contribution in [0.2, 0.25) is 0 Å². The van der Waals surface area contributed by atoms with E-state index in [0.29, 0.717) is 50.0 Å². The lowest BCUT2D eigenvalue weighted by atomic mass is 9.92. The van der Waals surface area contributed by atoms with E-state index in [2.05, 4.69) is 13.8 Å². The van der Waals surface area contributed by atoms with Gasteiger partial charge in [0.2, 0.25) is 0 Å². The number of furan rings is 1. The van der Waals surface area contributed by atoms with E-state index in [1.807, 2.05) is 50.2 Å². The standard InChI is InChI=1S/C35H36N2O6S/c1-7-9-27-30(34(40)42-8-2)31(23-12-10-22(11-13-23)20(3)4)37-32(38)29(44-35(37)36-27)19-25-15-17-28(43-25)26-16-14-24(18-21(26)5)33(39)41-6/h10-20,31H,7-9H2,1-6H3/b29-19+/t31-/m0/s1. The Labute approximate surface area is 260 Å². The number of carbonyl (C=O) groups excluding carboxylic acids is 2. The van der Waals surface area contributed by atoms with E-state index >= 15 is 0 Å². The van der Waals surface area contributed by atoms with Gasteiger partial charge in [-0.3, -0.25) is 9.36 Å². The molecule has 5 rings (SSSR count). The van der Waals surface area contributed by atoms with Crippen molar-refractivity contribution in [2.24, 2.45) is 4.99 Å². The average Bonchev–Trinajstić information content (AvgIpc) is 3.60. The van der Waals surface area contributed by atoms with E-state index in [4.69, 9.17) is 18.9 Å². The molecule has 0 N–H and O–H groups in total. The molecule has 0 unspecified atom stereocenters. The Morgan fingerprint density at radius 1 is 1.07 bits per heavy atom. The molecule has 4 aromatic rings. The largest absolute Gasteiger partial charge is 0.465 e. The lowest BCUT2D eigenvalue weighted by Crippen LogP contribution is -2.40. The number of fused-ring (bicyclic) bond motifs is 1. The Hall–Kier alpha value is -4.50. The van der Waals surface area contributed by atoms with Gasteiger partial charge in [0.15, 0.2) is 4.80 Å². The SMILES string of the molecule is CCCC1=C(C(=O)OCC)[C@H](c2ccc(C(C)C)cc2)n2c(s/c(=C/c3ccc(-c4ccc(C(=O)OC)cc4C)o3)c2=O)=N1. The molecule has 3 heterocycles. The van der Waals surface area contributed by atoms with Crippen LogP contribution in [0.5, 0.6) is 0 Å². The normalized spacial score (nSPS) is 14.9. The van der Waals surface area contributed by atoms with Crippen LogP contribution in [0.1, 0.15) is 85.3 Å². The van der Waals surface area contributed by atoms with Crippen LogP contribution in [0, 0.1) is 6.92 Å². The average molecular weight is 613 g/mol. The van der Waals surface area contributed by atoms with Gasteiger partial charge in [-0.2, -0.15) is 0 Å². The van der Waals surface area contributed by atoms with Gasteiger partial charge in [-0.15, -0.1) is 0 Å². The summed E-state index contributed by atoms with van der Waals surface area (Å²) in [6.07, 6.45) is 3.07. The molecule has 0 saturated heterocycles. The van der Waals surface area contributed by atoms with E-state index in [1.165, 1.54) is 24.0 Å². The van der Waals surface area contributed by atoms with Crippen LogP contribution in [0.25, 0.3) is 17.4 Å². The van der Waals surface area contributed by atoms with Crippen LogP contribution in [-0.4, -0.2) is 30.2 Å². The highest BCUT2D eigenvalue weighted by Gasteiger charge is 2.34. The second kappa shape index (κ2) is 13.0. The Kier molecular flexibility index (Phi) is 9.15. The van der Waals surface area contributed by atoms with Gasteiger partial charge in [-0.25, -0.2) is 14.6 Å². The van der Waals surface area contributed by atoms with Crippen LogP contribution in [-0.2, 0) is 14.3 Å². The number of carbonyl (C=O) groups is 2. The summed E-state index contributed by atoms with van der Waals surface area (Å²) < 4.78 is 18.5. The molecule has 9 heteroatoms. The second-order valence-electron chi connectivity index (χ2n) is 11.0. The van der Waals surface area contributed by atoms with Crippen molar-refractivity contribution in [3.8, 4) is 11.3 Å². The van der Waals surface area contributed by atoms with Crippen LogP contribution in [0.4, 0.5) is 0 Å². The number of hydrogen-bond donors (Lipinski definition) is 0. The summed E-state index contributed by atoms with van der Waals surface area (Å²) in [5.41, 5.74) is 4.90. The van der Waals surface area contributed by atoms with Crippen molar-refractivity contribution < 1.29 is 23.5 Å². The number of benzene rings is 2. The molecule has 0 bridgehead atoms. The van der Waals surface area contributed by atoms with Crippen molar-refractivity contribution >= 4 is 29.4 Å². The third kappa shape index (κ3) is 5.97. The Morgan fingerprint density at radius 2 is 1.82 bits per heavy atom. The molecule has 0 fully saturated rings. The highest BCUT2D eigenvalue weighted by Crippen LogP contribution is 2.33. The van der Waals surface area contributed by atoms with E-state index in [9.17, 15) is 14.4 Å². The fourth-order valence-corrected chi connectivity index (χ4v) is 6.39. The molecule has 2 aromatic carbocycles. The number of rotatable bonds is 9. The molecule has 1 aliphatic heterocycles. The molecule has 44 heavy (non-hydrogen) atoms. The summed E-state index contributed by atoms with van der Waals surface area (Å²) in [4.78, 5) is 44.7. The zero-order chi connectivity index (χ0) is 31.5. The molecule has 0 aliphatic carbocycles. The lowest BCUT2D eigenvalue weighted by Gasteiger charge is -2.26. The summed E-state index contributed by atoms with van der Waals surface area (Å²) >= 11 is 1.27. The number of methoxy groups -OCH3 is 1. The summed E-state index contributed by atoms with van der Waals surface area (Å²) in [7, 11) is 1.35. The number of aryl methyl sites for hydroxylation is 1. The first-order valence-electron chi connectivity index (χ1n) is 14.8. The zero-order valence-electron chi connectivity index (χ0n) is 25.8. The van der Waals surface area contributed by atoms with Gasteiger partial charge >= 0.3 is 11.9 Å². The van der Waals surface area contributed by atoms with Crippen LogP contribution in [0.3, 0.4) is 0 Å². The third-order valence-corrected chi connectivity index (χ3v) is 8.61. The lowest BCUT2D eigenvalue weighted by molar-refractivity contribution is -0.139. The summed E-state index contributed by atoms with van der Waals surface area (Å²) in [5.74, 6) is 0.581. The molecule has 0 saturated carbocycles. The number of nitrogens with zero attached hydrogens (tertiary/aromatic N) is 2. The Balaban J connectivity index is 1.62. The van der Waals surface area contributed by atoms with E-state index in [1.54, 1.807) is 35.8 Å². The molecule has 8 nitrogen and oxygen atoms in total. The quantitative estimate of drug-likeness (QED) is 0.213. The van der Waals surface area contributed by atoms with Gasteiger partial charge in [0, 0.05) is 11.6 Å². The molecule has 0 radical (unpaired) electrons. The minimum atomic E-state index is -0.668. The molecule has 2 aromatic heterocycles. The van der Waals surface area contributed by atoms with Crippen molar-refractivity contribution in [1.82, 2.24) is 4.57 Å². The van der Waals surface area contributed by atoms with E-state index in [-0.39, 0.29) is 12.2 Å². The first kappa shape index (κ1) is 30.9. The van der Waals surface area contributed by atoms with Crippen molar-refractivity contribution in [3.63, 3.8) is 0 Å². The van der Waals surface area contributed by atoms with E-state index < -0.39 is 18.0 Å². The van der Waals surface area contributed by atoms with Crippen molar-refractivity contribution in [2.45, 2.75) is 59.4 Å². The van der Waals surface area contributed by atoms with Crippen LogP contribution >= 0.6 is 11.3 Å². The van der Waals surface area contributed by atoms with Crippen LogP contribution in [0.15, 0.2) is 80.1 Å². The molecule has 1 aliphatic rings. The summed E-state index contributed by atoms with van der Waals surface area (Å²) in [6.45, 7) is 10.2. The van der Waals surface area contributed by atoms with Gasteiger partial charge in [0.05, 0.1) is 41.1 Å². The summed E-state index contributed by atoms with van der Waals surface area (Å²) in [5, 5.41) is 0. The highest BCUT2D eigenvalue weighted by molar-refractivity contribution is 7.07. The number of esters is 2. The van der Waals surface area contributed by atoms with Gasteiger partial charge < -0.3 is 13.9 Å². The third-order valence-electron chi connectivity index (χ3n) is 7.62. The zero-order valence-corrected chi connectivity index (χ0v) is 26.6. The van der Waals surface area contributed by atoms with Crippen molar-refractivity contribution in [3.05, 3.63) is 114 Å². The smallest absolute Gasteiger partial charge is 0.338 e. The molecule has 228 valence electrons. The Bertz CT molecular complexity index is 1920. The maximum atomic E-state index is 14.1. The molecule has 0 amide bonds. The number of hydrogen-bond acceptors (Lipinski definition) is 8. The second-order valence-corrected chi connectivity index (χ2v) is 12.0. The highest BCUT2D eigenvalue weighted by atomic mass is 32.1. The van der Waals surface area contributed by atoms with E-state index in [0.717, 1.165) is 23.1 Å². The van der Waals surface area contributed by atoms with Crippen molar-refractivity contribution in [1.29, 1.82) is 0 Å². The van der Waals surface area contributed by atoms with Gasteiger partial charge in [0.1, 0.15) is 11.5 Å². The maximum absolute atomic E-state index is 14.1. The predicted molar refractivity (Wildman–Crippen MR) is 170 cm³/mol.